The van der Waals surface area contributed by atoms with Crippen molar-refractivity contribution in [1.29, 1.82) is 0 Å². The van der Waals surface area contributed by atoms with Gasteiger partial charge in [-0.3, -0.25) is 4.79 Å². The molecule has 2 heterocycles. The van der Waals surface area contributed by atoms with Crippen molar-refractivity contribution in [3.8, 4) is 0 Å². The quantitative estimate of drug-likeness (QED) is 0.563. The van der Waals surface area contributed by atoms with Crippen LogP contribution in [-0.4, -0.2) is 49.5 Å². The fourth-order valence-corrected chi connectivity index (χ4v) is 6.40. The first-order valence-corrected chi connectivity index (χ1v) is 12.1. The minimum Gasteiger partial charge on any atom is -0.383 e. The summed E-state index contributed by atoms with van der Waals surface area (Å²) >= 11 is 1.38. The molecule has 1 saturated heterocycles. The van der Waals surface area contributed by atoms with Crippen LogP contribution >= 0.6 is 11.3 Å². The van der Waals surface area contributed by atoms with Gasteiger partial charge in [0.2, 0.25) is 10.0 Å². The molecule has 1 fully saturated rings. The summed E-state index contributed by atoms with van der Waals surface area (Å²) in [6.07, 6.45) is 0.953. The Labute approximate surface area is 183 Å². The van der Waals surface area contributed by atoms with E-state index in [1.807, 2.05) is 28.8 Å². The van der Waals surface area contributed by atoms with Crippen molar-refractivity contribution in [3.63, 3.8) is 0 Å². The van der Waals surface area contributed by atoms with Crippen LogP contribution in [0.5, 0.6) is 0 Å². The number of hydrogen-bond acceptors (Lipinski definition) is 5. The number of rotatable bonds is 6. The number of methoxy groups -OCH3 is 1. The Bertz CT molecular complexity index is 1270. The Morgan fingerprint density at radius 1 is 1.23 bits per heavy atom. The standard InChI is InChI=1S/C21H22FN3O4S2/c1-29-14-13-24-17-5-2-3-7-19(17)30-21(24)23-20(26)18-6-4-12-25(18)31(27,28)16-10-8-15(22)9-11-16/h2-3,5,7-11,18H,4,6,12-14H2,1H3. The Morgan fingerprint density at radius 2 is 1.97 bits per heavy atom. The van der Waals surface area contributed by atoms with Crippen LogP contribution in [0.3, 0.4) is 0 Å². The maximum Gasteiger partial charge on any atom is 0.266 e. The van der Waals surface area contributed by atoms with Gasteiger partial charge in [0.15, 0.2) is 4.80 Å². The van der Waals surface area contributed by atoms with Gasteiger partial charge in [0.25, 0.3) is 5.91 Å². The number of hydrogen-bond donors (Lipinski definition) is 0. The fraction of sp³-hybridized carbons (Fsp3) is 0.333. The molecule has 1 aliphatic heterocycles. The first kappa shape index (κ1) is 21.8. The number of carbonyl (C=O) groups is 1. The molecule has 2 aromatic carbocycles. The van der Waals surface area contributed by atoms with Crippen molar-refractivity contribution in [2.45, 2.75) is 30.3 Å². The Kier molecular flexibility index (Phi) is 6.33. The number of aromatic nitrogens is 1. The molecule has 0 aliphatic carbocycles. The number of sulfonamides is 1. The van der Waals surface area contributed by atoms with Crippen LogP contribution in [0.2, 0.25) is 0 Å². The van der Waals surface area contributed by atoms with E-state index < -0.39 is 27.8 Å². The maximum atomic E-state index is 13.2. The molecule has 31 heavy (non-hydrogen) atoms. The van der Waals surface area contributed by atoms with Gasteiger partial charge in [0.05, 0.1) is 21.7 Å². The Morgan fingerprint density at radius 3 is 2.71 bits per heavy atom. The van der Waals surface area contributed by atoms with E-state index in [1.54, 1.807) is 7.11 Å². The Hall–Kier alpha value is -2.40. The molecule has 10 heteroatoms. The van der Waals surface area contributed by atoms with Crippen molar-refractivity contribution < 1.29 is 22.3 Å². The highest BCUT2D eigenvalue weighted by Gasteiger charge is 2.39. The van der Waals surface area contributed by atoms with Crippen LogP contribution in [0.4, 0.5) is 4.39 Å². The normalized spacial score (nSPS) is 18.1. The first-order valence-electron chi connectivity index (χ1n) is 9.85. The second-order valence-electron chi connectivity index (χ2n) is 7.17. The second kappa shape index (κ2) is 8.99. The predicted molar refractivity (Wildman–Crippen MR) is 116 cm³/mol. The monoisotopic (exact) mass is 463 g/mol. The van der Waals surface area contributed by atoms with Crippen LogP contribution < -0.4 is 4.80 Å². The van der Waals surface area contributed by atoms with Gasteiger partial charge in [-0.25, -0.2) is 12.8 Å². The van der Waals surface area contributed by atoms with Crippen LogP contribution in [0.1, 0.15) is 12.8 Å². The van der Waals surface area contributed by atoms with Crippen molar-refractivity contribution in [3.05, 3.63) is 59.1 Å². The molecule has 1 aromatic heterocycles. The van der Waals surface area contributed by atoms with Gasteiger partial charge in [-0.1, -0.05) is 23.5 Å². The number of carbonyl (C=O) groups excluding carboxylic acids is 1. The summed E-state index contributed by atoms with van der Waals surface area (Å²) in [6, 6.07) is 11.5. The van der Waals surface area contributed by atoms with Crippen molar-refractivity contribution in [2.24, 2.45) is 4.99 Å². The molecule has 7 nitrogen and oxygen atoms in total. The van der Waals surface area contributed by atoms with Gasteiger partial charge in [-0.15, -0.1) is 0 Å². The molecule has 0 N–H and O–H groups in total. The molecule has 164 valence electrons. The van der Waals surface area contributed by atoms with Crippen molar-refractivity contribution >= 4 is 37.5 Å². The van der Waals surface area contributed by atoms with Gasteiger partial charge in [-0.2, -0.15) is 9.30 Å². The van der Waals surface area contributed by atoms with Gasteiger partial charge >= 0.3 is 0 Å². The summed E-state index contributed by atoms with van der Waals surface area (Å²) in [5.41, 5.74) is 0.943. The number of thiazole rings is 1. The minimum atomic E-state index is -3.93. The third-order valence-corrected chi connectivity index (χ3v) is 8.20. The largest absolute Gasteiger partial charge is 0.383 e. The van der Waals surface area contributed by atoms with Crippen molar-refractivity contribution in [1.82, 2.24) is 8.87 Å². The minimum absolute atomic E-state index is 0.0365. The van der Waals surface area contributed by atoms with Gasteiger partial charge in [0, 0.05) is 20.2 Å². The van der Waals surface area contributed by atoms with E-state index >= 15 is 0 Å². The first-order chi connectivity index (χ1) is 14.9. The lowest BCUT2D eigenvalue weighted by Gasteiger charge is -2.21. The number of amides is 1. The summed E-state index contributed by atoms with van der Waals surface area (Å²) in [5.74, 6) is -1.02. The highest BCUT2D eigenvalue weighted by atomic mass is 32.2. The fourth-order valence-electron chi connectivity index (χ4n) is 3.69. The van der Waals surface area contributed by atoms with Gasteiger partial charge in [-0.05, 0) is 49.2 Å². The molecular weight excluding hydrogens is 441 g/mol. The van der Waals surface area contributed by atoms with E-state index in [4.69, 9.17) is 4.74 Å². The smallest absolute Gasteiger partial charge is 0.266 e. The summed E-state index contributed by atoms with van der Waals surface area (Å²) < 4.78 is 48.6. The average molecular weight is 464 g/mol. The van der Waals surface area contributed by atoms with E-state index in [1.165, 1.54) is 27.8 Å². The number of benzene rings is 2. The molecule has 0 radical (unpaired) electrons. The molecule has 0 bridgehead atoms. The lowest BCUT2D eigenvalue weighted by molar-refractivity contribution is -0.121. The zero-order chi connectivity index (χ0) is 22.0. The maximum absolute atomic E-state index is 13.2. The molecule has 0 spiro atoms. The highest BCUT2D eigenvalue weighted by Crippen LogP contribution is 2.27. The topological polar surface area (TPSA) is 81.0 Å². The van der Waals surface area contributed by atoms with Gasteiger partial charge < -0.3 is 9.30 Å². The van der Waals surface area contributed by atoms with Crippen molar-refractivity contribution in [2.75, 3.05) is 20.3 Å². The molecule has 1 aliphatic rings. The molecule has 4 rings (SSSR count). The lowest BCUT2D eigenvalue weighted by atomic mass is 10.2. The lowest BCUT2D eigenvalue weighted by Crippen LogP contribution is -2.40. The zero-order valence-corrected chi connectivity index (χ0v) is 18.5. The number of halogens is 1. The van der Waals surface area contributed by atoms with Crippen LogP contribution in [0.15, 0.2) is 58.4 Å². The number of nitrogens with zero attached hydrogens (tertiary/aromatic N) is 3. The summed E-state index contributed by atoms with van der Waals surface area (Å²) in [7, 11) is -2.32. The highest BCUT2D eigenvalue weighted by molar-refractivity contribution is 7.89. The summed E-state index contributed by atoms with van der Waals surface area (Å²) in [5, 5.41) is 0. The number of para-hydroxylation sites is 1. The molecule has 1 unspecified atom stereocenters. The predicted octanol–water partition coefficient (Wildman–Crippen LogP) is 2.77. The molecule has 1 amide bonds. The molecule has 1 atom stereocenters. The van der Waals surface area contributed by atoms with E-state index in [0.29, 0.717) is 30.8 Å². The third kappa shape index (κ3) is 4.33. The SMILES string of the molecule is COCCn1c(=NC(=O)C2CCCN2S(=O)(=O)c2ccc(F)cc2)sc2ccccc21. The summed E-state index contributed by atoms with van der Waals surface area (Å²) in [6.45, 7) is 1.20. The number of fused-ring (bicyclic) bond motifs is 1. The molecular formula is C21H22FN3O4S2. The number of ether oxygens (including phenoxy) is 1. The zero-order valence-electron chi connectivity index (χ0n) is 16.9. The summed E-state index contributed by atoms with van der Waals surface area (Å²) in [4.78, 5) is 17.9. The molecule has 3 aromatic rings. The van der Waals surface area contributed by atoms with E-state index in [9.17, 15) is 17.6 Å². The van der Waals surface area contributed by atoms with Gasteiger partial charge in [0.1, 0.15) is 11.9 Å². The van der Waals surface area contributed by atoms with Crippen LogP contribution in [0, 0.1) is 5.82 Å². The second-order valence-corrected chi connectivity index (χ2v) is 10.1. The molecule has 0 saturated carbocycles. The van der Waals surface area contributed by atoms with Crippen LogP contribution in [-0.2, 0) is 26.1 Å². The average Bonchev–Trinajstić information content (AvgIpc) is 3.38. The van der Waals surface area contributed by atoms with Crippen LogP contribution in [0.25, 0.3) is 10.2 Å². The van der Waals surface area contributed by atoms with E-state index in [0.717, 1.165) is 22.3 Å². The van der Waals surface area contributed by atoms with E-state index in [2.05, 4.69) is 4.99 Å². The Balaban J connectivity index is 1.69. The van der Waals surface area contributed by atoms with E-state index in [-0.39, 0.29) is 11.4 Å². The third-order valence-electron chi connectivity index (χ3n) is 5.22.